The number of hydrogen-bond acceptors (Lipinski definition) is 5. The highest BCUT2D eigenvalue weighted by molar-refractivity contribution is 5.67. The van der Waals surface area contributed by atoms with E-state index >= 15 is 0 Å². The zero-order valence-corrected chi connectivity index (χ0v) is 15.6. The second-order valence-electron chi connectivity index (χ2n) is 6.49. The Labute approximate surface area is 170 Å². The number of nitrogens with zero attached hydrogens (tertiary/aromatic N) is 4. The van der Waals surface area contributed by atoms with Crippen LogP contribution < -0.4 is 5.32 Å². The lowest BCUT2D eigenvalue weighted by molar-refractivity contribution is -0.137. The van der Waals surface area contributed by atoms with Gasteiger partial charge in [-0.15, -0.1) is 0 Å². The molecule has 0 unspecified atom stereocenters. The van der Waals surface area contributed by atoms with Gasteiger partial charge in [0.25, 0.3) is 0 Å². The number of aromatic nitrogens is 4. The van der Waals surface area contributed by atoms with E-state index in [2.05, 4.69) is 25.3 Å². The Morgan fingerprint density at radius 2 is 1.60 bits per heavy atom. The first-order chi connectivity index (χ1) is 14.5. The number of halogens is 3. The van der Waals surface area contributed by atoms with Crippen LogP contribution in [0.15, 0.2) is 79.4 Å². The first kappa shape index (κ1) is 19.5. The maximum atomic E-state index is 13.2. The first-order valence-electron chi connectivity index (χ1n) is 9.09. The number of pyridine rings is 2. The summed E-state index contributed by atoms with van der Waals surface area (Å²) >= 11 is 0. The van der Waals surface area contributed by atoms with Crippen molar-refractivity contribution >= 4 is 5.82 Å². The predicted octanol–water partition coefficient (Wildman–Crippen LogP) is 5.23. The molecule has 0 atom stereocenters. The second-order valence-corrected chi connectivity index (χ2v) is 6.49. The Hall–Kier alpha value is -3.81. The molecule has 4 aromatic rings. The fourth-order valence-corrected chi connectivity index (χ4v) is 2.86. The van der Waals surface area contributed by atoms with Gasteiger partial charge in [0.05, 0.1) is 11.3 Å². The van der Waals surface area contributed by atoms with Gasteiger partial charge in [-0.1, -0.05) is 12.1 Å². The summed E-state index contributed by atoms with van der Waals surface area (Å²) in [7, 11) is 0. The normalized spacial score (nSPS) is 11.3. The molecule has 3 aromatic heterocycles. The number of anilines is 1. The Bertz CT molecular complexity index is 1130. The van der Waals surface area contributed by atoms with Gasteiger partial charge >= 0.3 is 6.18 Å². The maximum Gasteiger partial charge on any atom is 0.416 e. The molecule has 0 radical (unpaired) electrons. The van der Waals surface area contributed by atoms with E-state index in [1.54, 1.807) is 49.1 Å². The molecule has 4 rings (SSSR count). The summed E-state index contributed by atoms with van der Waals surface area (Å²) < 4.78 is 39.5. The van der Waals surface area contributed by atoms with Gasteiger partial charge in [0.2, 0.25) is 0 Å². The van der Waals surface area contributed by atoms with Crippen molar-refractivity contribution in [2.45, 2.75) is 12.7 Å². The van der Waals surface area contributed by atoms with E-state index < -0.39 is 11.7 Å². The fourth-order valence-electron chi connectivity index (χ4n) is 2.86. The molecule has 0 bridgehead atoms. The van der Waals surface area contributed by atoms with Gasteiger partial charge in [0, 0.05) is 48.5 Å². The van der Waals surface area contributed by atoms with Crippen molar-refractivity contribution < 1.29 is 13.2 Å². The van der Waals surface area contributed by atoms with Gasteiger partial charge in [-0.3, -0.25) is 9.97 Å². The van der Waals surface area contributed by atoms with Gasteiger partial charge < -0.3 is 5.32 Å². The lowest BCUT2D eigenvalue weighted by atomic mass is 10.1. The third-order valence-corrected chi connectivity index (χ3v) is 4.35. The number of nitrogens with one attached hydrogen (secondary N) is 1. The predicted molar refractivity (Wildman–Crippen MR) is 107 cm³/mol. The summed E-state index contributed by atoms with van der Waals surface area (Å²) in [5.41, 5.74) is 1.66. The van der Waals surface area contributed by atoms with E-state index in [9.17, 15) is 13.2 Å². The summed E-state index contributed by atoms with van der Waals surface area (Å²) in [4.78, 5) is 17.1. The molecule has 0 fully saturated rings. The largest absolute Gasteiger partial charge is 0.416 e. The van der Waals surface area contributed by atoms with Crippen LogP contribution in [0.2, 0.25) is 0 Å². The Morgan fingerprint density at radius 1 is 0.800 bits per heavy atom. The second kappa shape index (κ2) is 8.28. The molecule has 0 spiro atoms. The van der Waals surface area contributed by atoms with Crippen molar-refractivity contribution in [3.63, 3.8) is 0 Å². The van der Waals surface area contributed by atoms with E-state index in [-0.39, 0.29) is 0 Å². The average molecular weight is 407 g/mol. The molecule has 0 aliphatic rings. The van der Waals surface area contributed by atoms with Crippen LogP contribution in [0, 0.1) is 0 Å². The number of alkyl halides is 3. The highest BCUT2D eigenvalue weighted by Crippen LogP contribution is 2.32. The van der Waals surface area contributed by atoms with Crippen molar-refractivity contribution in [2.75, 3.05) is 5.32 Å². The SMILES string of the molecule is FC(F)(F)c1cccc(-c2cc(NCc3ccncc3)nc(-c3cccnc3)n2)c1. The molecular formula is C22H16F3N5. The van der Waals surface area contributed by atoms with Gasteiger partial charge in [0.1, 0.15) is 5.82 Å². The summed E-state index contributed by atoms with van der Waals surface area (Å²) in [6.07, 6.45) is 2.18. The molecule has 0 aliphatic carbocycles. The first-order valence-corrected chi connectivity index (χ1v) is 9.09. The minimum absolute atomic E-state index is 0.351. The van der Waals surface area contributed by atoms with Gasteiger partial charge in [0.15, 0.2) is 5.82 Å². The minimum Gasteiger partial charge on any atom is -0.366 e. The molecular weight excluding hydrogens is 391 g/mol. The van der Waals surface area contributed by atoms with Gasteiger partial charge in [-0.2, -0.15) is 13.2 Å². The van der Waals surface area contributed by atoms with Crippen LogP contribution >= 0.6 is 0 Å². The van der Waals surface area contributed by atoms with E-state index in [1.165, 1.54) is 6.07 Å². The van der Waals surface area contributed by atoms with Crippen LogP contribution in [0.4, 0.5) is 19.0 Å². The minimum atomic E-state index is -4.43. The smallest absolute Gasteiger partial charge is 0.366 e. The van der Waals surface area contributed by atoms with E-state index in [1.807, 2.05) is 12.1 Å². The highest BCUT2D eigenvalue weighted by Gasteiger charge is 2.30. The zero-order valence-electron chi connectivity index (χ0n) is 15.6. The van der Waals surface area contributed by atoms with E-state index in [4.69, 9.17) is 0 Å². The zero-order chi connectivity index (χ0) is 21.0. The number of rotatable bonds is 5. The molecule has 1 aromatic carbocycles. The molecule has 0 saturated heterocycles. The van der Waals surface area contributed by atoms with Crippen LogP contribution in [-0.2, 0) is 12.7 Å². The summed E-state index contributed by atoms with van der Waals surface area (Å²) in [6, 6.07) is 14.0. The molecule has 3 heterocycles. The van der Waals surface area contributed by atoms with Crippen molar-refractivity contribution in [1.82, 2.24) is 19.9 Å². The van der Waals surface area contributed by atoms with Crippen molar-refractivity contribution in [3.8, 4) is 22.6 Å². The molecule has 150 valence electrons. The lowest BCUT2D eigenvalue weighted by Crippen LogP contribution is -2.06. The van der Waals surface area contributed by atoms with E-state index in [0.29, 0.717) is 35.0 Å². The summed E-state index contributed by atoms with van der Waals surface area (Å²) in [5.74, 6) is 0.864. The van der Waals surface area contributed by atoms with Crippen LogP contribution in [0.5, 0.6) is 0 Å². The third-order valence-electron chi connectivity index (χ3n) is 4.35. The topological polar surface area (TPSA) is 63.6 Å². The molecule has 8 heteroatoms. The molecule has 1 N–H and O–H groups in total. The van der Waals surface area contributed by atoms with Crippen molar-refractivity contribution in [2.24, 2.45) is 0 Å². The van der Waals surface area contributed by atoms with Crippen molar-refractivity contribution in [3.05, 3.63) is 90.5 Å². The molecule has 0 saturated carbocycles. The Kier molecular flexibility index (Phi) is 5.38. The average Bonchev–Trinajstić information content (AvgIpc) is 2.78. The lowest BCUT2D eigenvalue weighted by Gasteiger charge is -2.12. The fraction of sp³-hybridized carbons (Fsp3) is 0.0909. The summed E-state index contributed by atoms with van der Waals surface area (Å²) in [5, 5.41) is 3.20. The maximum absolute atomic E-state index is 13.2. The Balaban J connectivity index is 1.74. The molecule has 0 aliphatic heterocycles. The van der Waals surface area contributed by atoms with Crippen LogP contribution in [0.25, 0.3) is 22.6 Å². The van der Waals surface area contributed by atoms with Crippen LogP contribution in [-0.4, -0.2) is 19.9 Å². The third kappa shape index (κ3) is 4.60. The molecule has 30 heavy (non-hydrogen) atoms. The van der Waals surface area contributed by atoms with Crippen LogP contribution in [0.1, 0.15) is 11.1 Å². The van der Waals surface area contributed by atoms with Gasteiger partial charge in [-0.05, 0) is 42.0 Å². The number of hydrogen-bond donors (Lipinski definition) is 1. The van der Waals surface area contributed by atoms with Gasteiger partial charge in [-0.25, -0.2) is 9.97 Å². The van der Waals surface area contributed by atoms with Crippen molar-refractivity contribution in [1.29, 1.82) is 0 Å². The van der Waals surface area contributed by atoms with Crippen LogP contribution in [0.3, 0.4) is 0 Å². The standard InChI is InChI=1S/C22H16F3N5/c23-22(24,25)18-5-1-3-16(11-18)19-12-20(28-13-15-6-9-26-10-7-15)30-21(29-19)17-4-2-8-27-14-17/h1-12,14H,13H2,(H,28,29,30). The Morgan fingerprint density at radius 3 is 2.33 bits per heavy atom. The summed E-state index contributed by atoms with van der Waals surface area (Å²) in [6.45, 7) is 0.480. The highest BCUT2D eigenvalue weighted by atomic mass is 19.4. The molecule has 0 amide bonds. The van der Waals surface area contributed by atoms with E-state index in [0.717, 1.165) is 17.7 Å². The quantitative estimate of drug-likeness (QED) is 0.491. The monoisotopic (exact) mass is 407 g/mol. The number of benzene rings is 1. The molecule has 5 nitrogen and oxygen atoms in total.